The average molecular weight is 398 g/mol. The van der Waals surface area contributed by atoms with E-state index in [0.29, 0.717) is 17.6 Å². The van der Waals surface area contributed by atoms with Crippen molar-refractivity contribution in [3.8, 4) is 0 Å². The van der Waals surface area contributed by atoms with Gasteiger partial charge in [0.05, 0.1) is 18.9 Å². The molecule has 0 saturated heterocycles. The maximum Gasteiger partial charge on any atom is 0.313 e. The quantitative estimate of drug-likeness (QED) is 0.469. The summed E-state index contributed by atoms with van der Waals surface area (Å²) in [6.45, 7) is 2.03. The van der Waals surface area contributed by atoms with Gasteiger partial charge in [-0.15, -0.1) is 10.2 Å². The zero-order chi connectivity index (χ0) is 19.6. The Bertz CT molecular complexity index is 658. The van der Waals surface area contributed by atoms with Crippen molar-refractivity contribution < 1.29 is 19.1 Å². The van der Waals surface area contributed by atoms with Gasteiger partial charge < -0.3 is 19.9 Å². The van der Waals surface area contributed by atoms with Crippen molar-refractivity contribution in [1.82, 2.24) is 25.4 Å². The van der Waals surface area contributed by atoms with E-state index in [4.69, 9.17) is 4.74 Å². The monoisotopic (exact) mass is 397 g/mol. The van der Waals surface area contributed by atoms with Crippen LogP contribution in [0.2, 0.25) is 0 Å². The zero-order valence-electron chi connectivity index (χ0n) is 15.8. The summed E-state index contributed by atoms with van der Waals surface area (Å²) in [7, 11) is 1.51. The normalized spacial score (nSPS) is 14.6. The third-order valence-corrected chi connectivity index (χ3v) is 5.28. The standard InChI is InChI=1S/C17H27N5O4S/c1-3-26-16(25)9-13-20-21-17(22(13)12-7-5-4-6-8-12)27-11-15(24)19-10-14(23)18-2/h12H,3-11H2,1-2H3,(H,18,23)(H,19,24). The highest BCUT2D eigenvalue weighted by atomic mass is 32.2. The Morgan fingerprint density at radius 3 is 2.59 bits per heavy atom. The lowest BCUT2D eigenvalue weighted by Gasteiger charge is -2.25. The van der Waals surface area contributed by atoms with Crippen LogP contribution in [0.25, 0.3) is 0 Å². The van der Waals surface area contributed by atoms with Gasteiger partial charge in [-0.3, -0.25) is 14.4 Å². The molecule has 150 valence electrons. The summed E-state index contributed by atoms with van der Waals surface area (Å²) in [6, 6.07) is 0.231. The van der Waals surface area contributed by atoms with Crippen LogP contribution in [0.4, 0.5) is 0 Å². The van der Waals surface area contributed by atoms with Crippen LogP contribution < -0.4 is 10.6 Å². The maximum atomic E-state index is 12.0. The Hall–Kier alpha value is -2.10. The number of carbonyl (C=O) groups is 3. The molecular formula is C17H27N5O4S. The Balaban J connectivity index is 2.05. The van der Waals surface area contributed by atoms with Gasteiger partial charge in [0.25, 0.3) is 0 Å². The molecule has 1 saturated carbocycles. The average Bonchev–Trinajstić information content (AvgIpc) is 3.07. The summed E-state index contributed by atoms with van der Waals surface area (Å²) in [6.07, 6.45) is 5.53. The first-order valence-electron chi connectivity index (χ1n) is 9.24. The molecule has 0 unspecified atom stereocenters. The van der Waals surface area contributed by atoms with E-state index in [1.807, 2.05) is 4.57 Å². The van der Waals surface area contributed by atoms with E-state index < -0.39 is 0 Å². The molecule has 0 aromatic carbocycles. The summed E-state index contributed by atoms with van der Waals surface area (Å²) < 4.78 is 7.02. The largest absolute Gasteiger partial charge is 0.466 e. The number of hydrogen-bond donors (Lipinski definition) is 2. The van der Waals surface area contributed by atoms with Gasteiger partial charge in [-0.1, -0.05) is 31.0 Å². The Kier molecular flexibility index (Phi) is 8.56. The van der Waals surface area contributed by atoms with Gasteiger partial charge in [0.15, 0.2) is 5.16 Å². The van der Waals surface area contributed by atoms with Crippen molar-refractivity contribution in [1.29, 1.82) is 0 Å². The predicted molar refractivity (Wildman–Crippen MR) is 100 cm³/mol. The van der Waals surface area contributed by atoms with E-state index in [1.165, 1.54) is 25.2 Å². The van der Waals surface area contributed by atoms with Gasteiger partial charge in [-0.2, -0.15) is 0 Å². The van der Waals surface area contributed by atoms with Gasteiger partial charge in [0, 0.05) is 13.1 Å². The van der Waals surface area contributed by atoms with Crippen LogP contribution in [0, 0.1) is 0 Å². The van der Waals surface area contributed by atoms with Crippen LogP contribution >= 0.6 is 11.8 Å². The lowest BCUT2D eigenvalue weighted by Crippen LogP contribution is -2.36. The predicted octanol–water partition coefficient (Wildman–Crippen LogP) is 0.843. The number of thioether (sulfide) groups is 1. The molecular weight excluding hydrogens is 370 g/mol. The van der Waals surface area contributed by atoms with E-state index in [-0.39, 0.29) is 42.5 Å². The molecule has 10 heteroatoms. The molecule has 0 spiro atoms. The summed E-state index contributed by atoms with van der Waals surface area (Å²) in [5.74, 6) is -0.138. The second-order valence-corrected chi connectivity index (χ2v) is 7.22. The van der Waals surface area contributed by atoms with Crippen molar-refractivity contribution in [3.05, 3.63) is 5.82 Å². The van der Waals surface area contributed by atoms with Gasteiger partial charge in [0.2, 0.25) is 11.8 Å². The third kappa shape index (κ3) is 6.53. The van der Waals surface area contributed by atoms with E-state index in [0.717, 1.165) is 25.7 Å². The van der Waals surface area contributed by atoms with Crippen LogP contribution in [0.15, 0.2) is 5.16 Å². The summed E-state index contributed by atoms with van der Waals surface area (Å²) in [5.41, 5.74) is 0. The lowest BCUT2D eigenvalue weighted by atomic mass is 9.95. The molecule has 1 heterocycles. The smallest absolute Gasteiger partial charge is 0.313 e. The molecule has 1 aromatic heterocycles. The first-order chi connectivity index (χ1) is 13.0. The fourth-order valence-corrected chi connectivity index (χ4v) is 3.88. The molecule has 1 aliphatic carbocycles. The molecule has 0 bridgehead atoms. The molecule has 27 heavy (non-hydrogen) atoms. The molecule has 1 fully saturated rings. The summed E-state index contributed by atoms with van der Waals surface area (Å²) >= 11 is 1.26. The topological polar surface area (TPSA) is 115 Å². The third-order valence-electron chi connectivity index (χ3n) is 4.34. The number of ether oxygens (including phenoxy) is 1. The Labute approximate surface area is 163 Å². The maximum absolute atomic E-state index is 12.0. The summed E-state index contributed by atoms with van der Waals surface area (Å²) in [4.78, 5) is 35.0. The van der Waals surface area contributed by atoms with E-state index in [1.54, 1.807) is 6.92 Å². The minimum Gasteiger partial charge on any atom is -0.466 e. The SMILES string of the molecule is CCOC(=O)Cc1nnc(SCC(=O)NCC(=O)NC)n1C1CCCCC1. The molecule has 2 rings (SSSR count). The first-order valence-corrected chi connectivity index (χ1v) is 10.2. The number of aromatic nitrogens is 3. The number of esters is 1. The minimum absolute atomic E-state index is 0.0562. The second kappa shape index (κ2) is 10.9. The van der Waals surface area contributed by atoms with E-state index >= 15 is 0 Å². The van der Waals surface area contributed by atoms with Crippen LogP contribution in [0.3, 0.4) is 0 Å². The van der Waals surface area contributed by atoms with E-state index in [9.17, 15) is 14.4 Å². The number of amides is 2. The molecule has 2 amide bonds. The summed E-state index contributed by atoms with van der Waals surface area (Å²) in [5, 5.41) is 14.0. The lowest BCUT2D eigenvalue weighted by molar-refractivity contribution is -0.142. The van der Waals surface area contributed by atoms with Gasteiger partial charge >= 0.3 is 5.97 Å². The molecule has 1 aliphatic rings. The van der Waals surface area contributed by atoms with Crippen LogP contribution in [0.1, 0.15) is 50.9 Å². The number of nitrogens with zero attached hydrogens (tertiary/aromatic N) is 3. The van der Waals surface area contributed by atoms with Crippen molar-refractivity contribution in [3.63, 3.8) is 0 Å². The molecule has 9 nitrogen and oxygen atoms in total. The molecule has 1 aromatic rings. The van der Waals surface area contributed by atoms with Crippen LogP contribution in [-0.4, -0.2) is 58.5 Å². The number of nitrogens with one attached hydrogen (secondary N) is 2. The number of hydrogen-bond acceptors (Lipinski definition) is 7. The van der Waals surface area contributed by atoms with Gasteiger partial charge in [0.1, 0.15) is 12.2 Å². The zero-order valence-corrected chi connectivity index (χ0v) is 16.6. The highest BCUT2D eigenvalue weighted by Gasteiger charge is 2.25. The highest BCUT2D eigenvalue weighted by molar-refractivity contribution is 7.99. The van der Waals surface area contributed by atoms with Crippen LogP contribution in [0.5, 0.6) is 0 Å². The highest BCUT2D eigenvalue weighted by Crippen LogP contribution is 2.32. The second-order valence-electron chi connectivity index (χ2n) is 6.28. The molecule has 2 N–H and O–H groups in total. The molecule has 0 atom stereocenters. The fraction of sp³-hybridized carbons (Fsp3) is 0.706. The molecule has 0 aliphatic heterocycles. The Morgan fingerprint density at radius 2 is 1.93 bits per heavy atom. The van der Waals surface area contributed by atoms with Gasteiger partial charge in [-0.05, 0) is 19.8 Å². The number of likely N-dealkylation sites (N-methyl/N-ethyl adjacent to an activating group) is 1. The Morgan fingerprint density at radius 1 is 1.19 bits per heavy atom. The molecule has 0 radical (unpaired) electrons. The fourth-order valence-electron chi connectivity index (χ4n) is 3.02. The van der Waals surface area contributed by atoms with Gasteiger partial charge in [-0.25, -0.2) is 0 Å². The first kappa shape index (κ1) is 21.2. The van der Waals surface area contributed by atoms with Crippen molar-refractivity contribution in [2.75, 3.05) is 26.0 Å². The minimum atomic E-state index is -0.332. The van der Waals surface area contributed by atoms with Crippen LogP contribution in [-0.2, 0) is 25.5 Å². The van der Waals surface area contributed by atoms with E-state index in [2.05, 4.69) is 20.8 Å². The van der Waals surface area contributed by atoms with Crippen molar-refractivity contribution >= 4 is 29.5 Å². The number of rotatable bonds is 9. The van der Waals surface area contributed by atoms with Crippen molar-refractivity contribution in [2.24, 2.45) is 0 Å². The van der Waals surface area contributed by atoms with Crippen molar-refractivity contribution in [2.45, 2.75) is 56.6 Å². The number of carbonyl (C=O) groups excluding carboxylic acids is 3.